The monoisotopic (exact) mass is 326 g/mol. The van der Waals surface area contributed by atoms with E-state index in [-0.39, 0.29) is 11.9 Å². The first-order chi connectivity index (χ1) is 11.6. The maximum atomic E-state index is 12.1. The normalized spacial score (nSPS) is 13.1. The Labute approximate surface area is 143 Å². The van der Waals surface area contributed by atoms with Gasteiger partial charge < -0.3 is 15.7 Å². The summed E-state index contributed by atoms with van der Waals surface area (Å²) < 4.78 is 0. The van der Waals surface area contributed by atoms with E-state index in [9.17, 15) is 9.90 Å². The van der Waals surface area contributed by atoms with Crippen LogP contribution < -0.4 is 10.6 Å². The second-order valence-electron chi connectivity index (χ2n) is 6.08. The van der Waals surface area contributed by atoms with Gasteiger partial charge in [-0.05, 0) is 43.0 Å². The summed E-state index contributed by atoms with van der Waals surface area (Å²) in [6.07, 6.45) is 1.17. The summed E-state index contributed by atoms with van der Waals surface area (Å²) in [7, 11) is 0. The Morgan fingerprint density at radius 2 is 1.75 bits per heavy atom. The molecular formula is C20H26N2O2. The van der Waals surface area contributed by atoms with Gasteiger partial charge in [-0.1, -0.05) is 49.4 Å². The predicted molar refractivity (Wildman–Crippen MR) is 98.3 cm³/mol. The van der Waals surface area contributed by atoms with E-state index in [0.717, 1.165) is 17.7 Å². The third-order valence-electron chi connectivity index (χ3n) is 4.03. The molecule has 0 radical (unpaired) electrons. The molecule has 0 aliphatic heterocycles. The van der Waals surface area contributed by atoms with Crippen molar-refractivity contribution < 1.29 is 9.90 Å². The van der Waals surface area contributed by atoms with Gasteiger partial charge in [0, 0.05) is 18.2 Å². The third-order valence-corrected chi connectivity index (χ3v) is 4.03. The highest BCUT2D eigenvalue weighted by molar-refractivity contribution is 5.89. The van der Waals surface area contributed by atoms with E-state index in [1.165, 1.54) is 5.56 Å². The first-order valence-electron chi connectivity index (χ1n) is 8.45. The van der Waals surface area contributed by atoms with Crippen molar-refractivity contribution in [1.82, 2.24) is 5.32 Å². The highest BCUT2D eigenvalue weighted by Crippen LogP contribution is 2.20. The summed E-state index contributed by atoms with van der Waals surface area (Å²) in [6.45, 7) is 4.35. The molecule has 2 aromatic carbocycles. The predicted octanol–water partition coefficient (Wildman–Crippen LogP) is 3.93. The lowest BCUT2D eigenvalue weighted by atomic mass is 9.93. The second kappa shape index (κ2) is 9.08. The molecule has 2 unspecified atom stereocenters. The topological polar surface area (TPSA) is 61.4 Å². The number of carbonyl (C=O) groups excluding carboxylic acids is 1. The van der Waals surface area contributed by atoms with Crippen molar-refractivity contribution in [3.8, 4) is 0 Å². The Bertz CT molecular complexity index is 624. The number of anilines is 1. The zero-order valence-corrected chi connectivity index (χ0v) is 14.3. The molecule has 2 amide bonds. The molecule has 0 aromatic heterocycles. The first kappa shape index (κ1) is 18.0. The molecule has 0 heterocycles. The number of carbonyl (C=O) groups is 1. The first-order valence-corrected chi connectivity index (χ1v) is 8.45. The van der Waals surface area contributed by atoms with Crippen LogP contribution >= 0.6 is 0 Å². The number of hydrogen-bond donors (Lipinski definition) is 3. The van der Waals surface area contributed by atoms with Crippen LogP contribution in [0.4, 0.5) is 10.5 Å². The fourth-order valence-electron chi connectivity index (χ4n) is 2.69. The molecule has 2 atom stereocenters. The van der Waals surface area contributed by atoms with Gasteiger partial charge in [-0.25, -0.2) is 4.79 Å². The molecule has 0 saturated heterocycles. The average molecular weight is 326 g/mol. The zero-order valence-electron chi connectivity index (χ0n) is 14.3. The zero-order chi connectivity index (χ0) is 17.4. The highest BCUT2D eigenvalue weighted by Gasteiger charge is 2.15. The van der Waals surface area contributed by atoms with Gasteiger partial charge in [-0.3, -0.25) is 0 Å². The Balaban J connectivity index is 1.91. The fourth-order valence-corrected chi connectivity index (χ4v) is 2.69. The maximum Gasteiger partial charge on any atom is 0.319 e. The minimum Gasteiger partial charge on any atom is -0.393 e. The van der Waals surface area contributed by atoms with E-state index in [4.69, 9.17) is 0 Å². The van der Waals surface area contributed by atoms with Gasteiger partial charge in [0.25, 0.3) is 0 Å². The fraction of sp³-hybridized carbons (Fsp3) is 0.350. The Kier molecular flexibility index (Phi) is 6.82. The number of urea groups is 1. The van der Waals surface area contributed by atoms with Crippen molar-refractivity contribution in [3.05, 3.63) is 65.7 Å². The van der Waals surface area contributed by atoms with Crippen molar-refractivity contribution in [2.45, 2.75) is 38.7 Å². The minimum absolute atomic E-state index is 0.0828. The molecule has 0 spiro atoms. The lowest BCUT2D eigenvalue weighted by molar-refractivity contribution is 0.173. The molecule has 128 valence electrons. The van der Waals surface area contributed by atoms with Crippen molar-refractivity contribution in [1.29, 1.82) is 0 Å². The molecule has 4 nitrogen and oxygen atoms in total. The van der Waals surface area contributed by atoms with E-state index >= 15 is 0 Å². The Morgan fingerprint density at radius 3 is 2.33 bits per heavy atom. The number of benzene rings is 2. The smallest absolute Gasteiger partial charge is 0.319 e. The van der Waals surface area contributed by atoms with Crippen LogP contribution in [0.15, 0.2) is 54.6 Å². The molecule has 2 rings (SSSR count). The largest absolute Gasteiger partial charge is 0.393 e. The van der Waals surface area contributed by atoms with E-state index in [1.54, 1.807) is 6.92 Å². The molecule has 0 saturated carbocycles. The highest BCUT2D eigenvalue weighted by atomic mass is 16.3. The number of rotatable bonds is 7. The second-order valence-corrected chi connectivity index (χ2v) is 6.08. The number of nitrogens with one attached hydrogen (secondary N) is 2. The number of hydrogen-bond acceptors (Lipinski definition) is 2. The molecular weight excluding hydrogens is 300 g/mol. The van der Waals surface area contributed by atoms with E-state index in [2.05, 4.69) is 17.6 Å². The van der Waals surface area contributed by atoms with Crippen LogP contribution in [0.5, 0.6) is 0 Å². The lowest BCUT2D eigenvalue weighted by Gasteiger charge is -2.20. The van der Waals surface area contributed by atoms with Gasteiger partial charge in [0.1, 0.15) is 0 Å². The summed E-state index contributed by atoms with van der Waals surface area (Å²) >= 11 is 0. The average Bonchev–Trinajstić information content (AvgIpc) is 2.59. The van der Waals surface area contributed by atoms with Crippen LogP contribution in [-0.4, -0.2) is 23.8 Å². The molecule has 24 heavy (non-hydrogen) atoms. The van der Waals surface area contributed by atoms with Gasteiger partial charge in [-0.15, -0.1) is 0 Å². The number of amides is 2. The van der Waals surface area contributed by atoms with Crippen LogP contribution in [0.3, 0.4) is 0 Å². The third kappa shape index (κ3) is 5.70. The molecule has 0 fully saturated rings. The van der Waals surface area contributed by atoms with E-state index < -0.39 is 6.10 Å². The van der Waals surface area contributed by atoms with Crippen molar-refractivity contribution in [3.63, 3.8) is 0 Å². The summed E-state index contributed by atoms with van der Waals surface area (Å²) in [5, 5.41) is 15.4. The SMILES string of the molecule is CCc1ccc(NC(=O)NCC(CC(C)O)c2ccccc2)cc1. The molecule has 4 heteroatoms. The van der Waals surface area contributed by atoms with E-state index in [0.29, 0.717) is 13.0 Å². The van der Waals surface area contributed by atoms with Crippen LogP contribution in [0, 0.1) is 0 Å². The van der Waals surface area contributed by atoms with Gasteiger partial charge in [-0.2, -0.15) is 0 Å². The number of aliphatic hydroxyl groups excluding tert-OH is 1. The van der Waals surface area contributed by atoms with Gasteiger partial charge in [0.05, 0.1) is 6.10 Å². The molecule has 0 aliphatic carbocycles. The summed E-state index contributed by atoms with van der Waals surface area (Å²) in [5.41, 5.74) is 3.13. The lowest BCUT2D eigenvalue weighted by Crippen LogP contribution is -2.33. The standard InChI is InChI=1S/C20H26N2O2/c1-3-16-9-11-19(12-10-16)22-20(24)21-14-18(13-15(2)23)17-7-5-4-6-8-17/h4-12,15,18,23H,3,13-14H2,1-2H3,(H2,21,22,24). The molecule has 0 aliphatic rings. The summed E-state index contributed by atoms with van der Waals surface area (Å²) in [4.78, 5) is 12.1. The molecule has 3 N–H and O–H groups in total. The van der Waals surface area contributed by atoms with E-state index in [1.807, 2.05) is 54.6 Å². The number of aliphatic hydroxyl groups is 1. The quantitative estimate of drug-likeness (QED) is 0.722. The van der Waals surface area contributed by atoms with Crippen LogP contribution in [-0.2, 0) is 6.42 Å². The van der Waals surface area contributed by atoms with Gasteiger partial charge in [0.2, 0.25) is 0 Å². The Hall–Kier alpha value is -2.33. The van der Waals surface area contributed by atoms with Gasteiger partial charge >= 0.3 is 6.03 Å². The maximum absolute atomic E-state index is 12.1. The minimum atomic E-state index is -0.415. The Morgan fingerprint density at radius 1 is 1.08 bits per heavy atom. The summed E-state index contributed by atoms with van der Waals surface area (Å²) in [6, 6.07) is 17.6. The van der Waals surface area contributed by atoms with Gasteiger partial charge in [0.15, 0.2) is 0 Å². The summed E-state index contributed by atoms with van der Waals surface area (Å²) in [5.74, 6) is 0.0828. The van der Waals surface area contributed by atoms with Crippen LogP contribution in [0.2, 0.25) is 0 Å². The van der Waals surface area contributed by atoms with Crippen molar-refractivity contribution in [2.24, 2.45) is 0 Å². The van der Waals surface area contributed by atoms with Crippen LogP contribution in [0.25, 0.3) is 0 Å². The molecule has 0 bridgehead atoms. The molecule has 2 aromatic rings. The van der Waals surface area contributed by atoms with Crippen molar-refractivity contribution >= 4 is 11.7 Å². The van der Waals surface area contributed by atoms with Crippen molar-refractivity contribution in [2.75, 3.05) is 11.9 Å². The number of aryl methyl sites for hydroxylation is 1. The van der Waals surface area contributed by atoms with Crippen LogP contribution in [0.1, 0.15) is 37.3 Å².